The summed E-state index contributed by atoms with van der Waals surface area (Å²) in [7, 11) is -2.03. The van der Waals surface area contributed by atoms with Crippen molar-refractivity contribution in [2.24, 2.45) is 7.05 Å². The van der Waals surface area contributed by atoms with Gasteiger partial charge in [-0.1, -0.05) is 0 Å². The molecule has 0 saturated carbocycles. The van der Waals surface area contributed by atoms with Gasteiger partial charge in [0, 0.05) is 17.7 Å². The van der Waals surface area contributed by atoms with Crippen LogP contribution in [0.4, 0.5) is 0 Å². The molecule has 0 unspecified atom stereocenters. The maximum absolute atomic E-state index is 12.2. The fraction of sp³-hybridized carbons (Fsp3) is 0.167. The lowest BCUT2D eigenvalue weighted by Crippen LogP contribution is -2.24. The third-order valence-electron chi connectivity index (χ3n) is 2.68. The van der Waals surface area contributed by atoms with E-state index in [0.717, 1.165) is 0 Å². The second-order valence-corrected chi connectivity index (χ2v) is 6.85. The summed E-state index contributed by atoms with van der Waals surface area (Å²) in [5, 5.41) is 12.9. The maximum atomic E-state index is 12.2. The molecule has 0 spiro atoms. The fourth-order valence-corrected chi connectivity index (χ4v) is 3.73. The molecule has 0 fully saturated rings. The summed E-state index contributed by atoms with van der Waals surface area (Å²) in [5.74, 6) is -1.12. The van der Waals surface area contributed by atoms with E-state index in [1.54, 1.807) is 24.0 Å². The number of aromatic carboxylic acids is 1. The number of hydrogen-bond acceptors (Lipinski definition) is 4. The topological polar surface area (TPSA) is 101 Å². The monoisotopic (exact) mass is 373 g/mol. The highest BCUT2D eigenvalue weighted by atomic mass is 79.9. The van der Waals surface area contributed by atoms with E-state index in [9.17, 15) is 13.2 Å². The molecule has 0 aliphatic carbocycles. The Kier molecular flexibility index (Phi) is 4.45. The van der Waals surface area contributed by atoms with Crippen molar-refractivity contribution in [1.82, 2.24) is 14.5 Å². The SMILES string of the molecule is Cn1ccc(CNS(=O)(=O)c2ccc(C(=O)O)cc2Br)n1. The number of halogens is 1. The van der Waals surface area contributed by atoms with Crippen LogP contribution >= 0.6 is 15.9 Å². The highest BCUT2D eigenvalue weighted by molar-refractivity contribution is 9.10. The first-order chi connectivity index (χ1) is 9.79. The van der Waals surface area contributed by atoms with Gasteiger partial charge in [-0.2, -0.15) is 5.10 Å². The lowest BCUT2D eigenvalue weighted by molar-refractivity contribution is 0.0696. The number of nitrogens with one attached hydrogen (secondary N) is 1. The van der Waals surface area contributed by atoms with Gasteiger partial charge >= 0.3 is 5.97 Å². The smallest absolute Gasteiger partial charge is 0.335 e. The van der Waals surface area contributed by atoms with E-state index in [2.05, 4.69) is 25.8 Å². The molecule has 0 amide bonds. The van der Waals surface area contributed by atoms with Crippen LogP contribution in [-0.2, 0) is 23.6 Å². The van der Waals surface area contributed by atoms with Crippen LogP contribution in [0.15, 0.2) is 39.8 Å². The Labute approximate surface area is 129 Å². The van der Waals surface area contributed by atoms with Crippen molar-refractivity contribution in [1.29, 1.82) is 0 Å². The van der Waals surface area contributed by atoms with E-state index in [1.165, 1.54) is 18.2 Å². The van der Waals surface area contributed by atoms with Gasteiger partial charge in [0.2, 0.25) is 10.0 Å². The first kappa shape index (κ1) is 15.7. The lowest BCUT2D eigenvalue weighted by atomic mass is 10.2. The lowest BCUT2D eigenvalue weighted by Gasteiger charge is -2.08. The molecule has 0 atom stereocenters. The molecule has 0 aliphatic rings. The molecule has 0 aliphatic heterocycles. The molecule has 0 saturated heterocycles. The summed E-state index contributed by atoms with van der Waals surface area (Å²) in [6.45, 7) is 0.0519. The van der Waals surface area contributed by atoms with Crippen molar-refractivity contribution in [3.8, 4) is 0 Å². The van der Waals surface area contributed by atoms with Crippen LogP contribution in [0.3, 0.4) is 0 Å². The maximum Gasteiger partial charge on any atom is 0.335 e. The molecule has 2 N–H and O–H groups in total. The summed E-state index contributed by atoms with van der Waals surface area (Å²) in [4.78, 5) is 10.8. The first-order valence-electron chi connectivity index (χ1n) is 5.80. The van der Waals surface area contributed by atoms with E-state index in [1.807, 2.05) is 0 Å². The highest BCUT2D eigenvalue weighted by Crippen LogP contribution is 2.23. The predicted octanol–water partition coefficient (Wildman–Crippen LogP) is 1.36. The second-order valence-electron chi connectivity index (χ2n) is 4.26. The van der Waals surface area contributed by atoms with E-state index in [4.69, 9.17) is 5.11 Å². The summed E-state index contributed by atoms with van der Waals surface area (Å²) in [6.07, 6.45) is 1.71. The van der Waals surface area contributed by atoms with Gasteiger partial charge in [-0.3, -0.25) is 4.68 Å². The minimum atomic E-state index is -3.76. The zero-order valence-electron chi connectivity index (χ0n) is 10.9. The third-order valence-corrected chi connectivity index (χ3v) is 5.06. The van der Waals surface area contributed by atoms with E-state index in [0.29, 0.717) is 5.69 Å². The average molecular weight is 374 g/mol. The van der Waals surface area contributed by atoms with Crippen molar-refractivity contribution in [3.63, 3.8) is 0 Å². The Morgan fingerprint density at radius 1 is 1.43 bits per heavy atom. The van der Waals surface area contributed by atoms with Gasteiger partial charge < -0.3 is 5.11 Å². The van der Waals surface area contributed by atoms with Gasteiger partial charge in [0.25, 0.3) is 0 Å². The predicted molar refractivity (Wildman–Crippen MR) is 78.3 cm³/mol. The minimum absolute atomic E-state index is 0.00514. The Balaban J connectivity index is 2.21. The van der Waals surface area contributed by atoms with Crippen LogP contribution < -0.4 is 4.72 Å². The van der Waals surface area contributed by atoms with E-state index in [-0.39, 0.29) is 21.5 Å². The van der Waals surface area contributed by atoms with Crippen LogP contribution in [0, 0.1) is 0 Å². The summed E-state index contributed by atoms with van der Waals surface area (Å²) >= 11 is 3.08. The number of nitrogens with zero attached hydrogens (tertiary/aromatic N) is 2. The van der Waals surface area contributed by atoms with E-state index < -0.39 is 16.0 Å². The fourth-order valence-electron chi connectivity index (χ4n) is 1.66. The van der Waals surface area contributed by atoms with Gasteiger partial charge in [0.1, 0.15) is 0 Å². The van der Waals surface area contributed by atoms with Gasteiger partial charge in [-0.05, 0) is 40.2 Å². The standard InChI is InChI=1S/C12H12BrN3O4S/c1-16-5-4-9(15-16)7-14-21(19,20)11-3-2-8(12(17)18)6-10(11)13/h2-6,14H,7H2,1H3,(H,17,18). The Bertz CT molecular complexity index is 786. The zero-order valence-corrected chi connectivity index (χ0v) is 13.3. The second kappa shape index (κ2) is 5.96. The normalized spacial score (nSPS) is 11.5. The number of carbonyl (C=O) groups is 1. The number of aryl methyl sites for hydroxylation is 1. The largest absolute Gasteiger partial charge is 0.478 e. The number of carboxylic acid groups (broad SMARTS) is 1. The van der Waals surface area contributed by atoms with Crippen LogP contribution in [0.2, 0.25) is 0 Å². The minimum Gasteiger partial charge on any atom is -0.478 e. The molecule has 9 heteroatoms. The van der Waals surface area contributed by atoms with Gasteiger partial charge in [0.05, 0.1) is 22.7 Å². The number of carboxylic acids is 1. The van der Waals surface area contributed by atoms with Crippen LogP contribution in [0.5, 0.6) is 0 Å². The molecule has 1 aromatic heterocycles. The van der Waals surface area contributed by atoms with Crippen molar-refractivity contribution in [3.05, 3.63) is 46.2 Å². The zero-order chi connectivity index (χ0) is 15.6. The molecular formula is C12H12BrN3O4S. The number of rotatable bonds is 5. The molecule has 21 heavy (non-hydrogen) atoms. The number of aromatic nitrogens is 2. The first-order valence-corrected chi connectivity index (χ1v) is 8.08. The van der Waals surface area contributed by atoms with Gasteiger partial charge in [-0.25, -0.2) is 17.9 Å². The Morgan fingerprint density at radius 3 is 2.67 bits per heavy atom. The van der Waals surface area contributed by atoms with Crippen molar-refractivity contribution in [2.75, 3.05) is 0 Å². The van der Waals surface area contributed by atoms with Crippen molar-refractivity contribution in [2.45, 2.75) is 11.4 Å². The molecule has 0 radical (unpaired) electrons. The molecule has 7 nitrogen and oxygen atoms in total. The number of benzene rings is 1. The van der Waals surface area contributed by atoms with Crippen LogP contribution in [0.1, 0.15) is 16.1 Å². The molecule has 1 heterocycles. The number of sulfonamides is 1. The van der Waals surface area contributed by atoms with Crippen LogP contribution in [0.25, 0.3) is 0 Å². The molecule has 112 valence electrons. The average Bonchev–Trinajstić information content (AvgIpc) is 2.82. The molecule has 2 aromatic rings. The highest BCUT2D eigenvalue weighted by Gasteiger charge is 2.19. The van der Waals surface area contributed by atoms with Gasteiger partial charge in [-0.15, -0.1) is 0 Å². The third kappa shape index (κ3) is 3.69. The number of hydrogen-bond donors (Lipinski definition) is 2. The summed E-state index contributed by atoms with van der Waals surface area (Å²) < 4.78 is 28.6. The summed E-state index contributed by atoms with van der Waals surface area (Å²) in [6, 6.07) is 5.43. The Hall–Kier alpha value is -1.71. The van der Waals surface area contributed by atoms with Crippen LogP contribution in [-0.4, -0.2) is 29.3 Å². The van der Waals surface area contributed by atoms with E-state index >= 15 is 0 Å². The molecular weight excluding hydrogens is 362 g/mol. The molecule has 0 bridgehead atoms. The Morgan fingerprint density at radius 2 is 2.14 bits per heavy atom. The van der Waals surface area contributed by atoms with Crippen molar-refractivity contribution < 1.29 is 18.3 Å². The van der Waals surface area contributed by atoms with Crippen molar-refractivity contribution >= 4 is 31.9 Å². The molecule has 2 rings (SSSR count). The summed E-state index contributed by atoms with van der Waals surface area (Å²) in [5.41, 5.74) is 0.588. The molecule has 1 aromatic carbocycles. The van der Waals surface area contributed by atoms with Gasteiger partial charge in [0.15, 0.2) is 0 Å². The quantitative estimate of drug-likeness (QED) is 0.823.